The molecule has 1 aromatic rings. The Kier molecular flexibility index (Phi) is 10.7. The first kappa shape index (κ1) is 30.2. The third-order valence-electron chi connectivity index (χ3n) is 5.88. The molecule has 38 heavy (non-hydrogen) atoms. The number of hydrogen-bond acceptors (Lipinski definition) is 8. The van der Waals surface area contributed by atoms with Gasteiger partial charge in [0, 0.05) is 24.9 Å². The fourth-order valence-corrected chi connectivity index (χ4v) is 4.24. The number of ketones is 1. The molecule has 1 unspecified atom stereocenters. The van der Waals surface area contributed by atoms with Crippen molar-refractivity contribution in [2.75, 3.05) is 24.5 Å². The van der Waals surface area contributed by atoms with E-state index in [1.807, 2.05) is 4.90 Å². The maximum atomic E-state index is 13.3. The molecule has 0 saturated carbocycles. The first-order valence-corrected chi connectivity index (χ1v) is 12.6. The SMILES string of the molecule is C=C(/C=C(O)\C(=C\O)C1=C(O)C(N(C/C(O)=C\C=C/C)c2ccccc2O)C1=O)N(CC(C)C)CC(C)C. The second-order valence-electron chi connectivity index (χ2n) is 10.1. The highest BCUT2D eigenvalue weighted by Gasteiger charge is 2.46. The van der Waals surface area contributed by atoms with Crippen LogP contribution in [0.4, 0.5) is 5.69 Å². The topological polar surface area (TPSA) is 125 Å². The summed E-state index contributed by atoms with van der Waals surface area (Å²) in [6.45, 7) is 15.3. The highest BCUT2D eigenvalue weighted by Crippen LogP contribution is 2.39. The van der Waals surface area contributed by atoms with E-state index >= 15 is 0 Å². The van der Waals surface area contributed by atoms with E-state index in [-0.39, 0.29) is 34.9 Å². The number of Topliss-reactive ketones (excluding diaryl/α,β-unsaturated/α-hetero) is 1. The number of aliphatic hydroxyl groups excluding tert-OH is 4. The molecule has 206 valence electrons. The van der Waals surface area contributed by atoms with Crippen LogP contribution >= 0.6 is 0 Å². The molecule has 0 fully saturated rings. The summed E-state index contributed by atoms with van der Waals surface area (Å²) in [6.07, 6.45) is 6.71. The maximum Gasteiger partial charge on any atom is 0.197 e. The quantitative estimate of drug-likeness (QED) is 0.157. The van der Waals surface area contributed by atoms with Crippen LogP contribution in [-0.4, -0.2) is 61.9 Å². The minimum atomic E-state index is -1.25. The Morgan fingerprint density at radius 2 is 1.68 bits per heavy atom. The molecule has 5 N–H and O–H groups in total. The molecular weight excluding hydrogens is 484 g/mol. The van der Waals surface area contributed by atoms with Crippen LogP contribution in [0, 0.1) is 11.8 Å². The number of anilines is 1. The summed E-state index contributed by atoms with van der Waals surface area (Å²) in [6, 6.07) is 5.00. The summed E-state index contributed by atoms with van der Waals surface area (Å²) in [4.78, 5) is 16.7. The molecule has 0 bridgehead atoms. The van der Waals surface area contributed by atoms with Gasteiger partial charge in [-0.3, -0.25) is 4.79 Å². The molecule has 1 aliphatic rings. The number of phenols is 1. The van der Waals surface area contributed by atoms with E-state index in [2.05, 4.69) is 34.3 Å². The van der Waals surface area contributed by atoms with Crippen LogP contribution in [-0.2, 0) is 4.79 Å². The molecule has 8 nitrogen and oxygen atoms in total. The average Bonchev–Trinajstić information content (AvgIpc) is 2.84. The molecule has 2 rings (SSSR count). The molecular formula is C30H40N2O6. The number of hydrogen-bond donors (Lipinski definition) is 5. The summed E-state index contributed by atoms with van der Waals surface area (Å²) < 4.78 is 0. The molecule has 0 heterocycles. The smallest absolute Gasteiger partial charge is 0.197 e. The molecule has 0 radical (unpaired) electrons. The van der Waals surface area contributed by atoms with Gasteiger partial charge in [0.2, 0.25) is 0 Å². The third kappa shape index (κ3) is 7.25. The van der Waals surface area contributed by atoms with Crippen LogP contribution in [0.15, 0.2) is 95.5 Å². The highest BCUT2D eigenvalue weighted by atomic mass is 16.3. The Hall–Kier alpha value is -4.07. The van der Waals surface area contributed by atoms with E-state index in [4.69, 9.17) is 0 Å². The number of aliphatic hydroxyl groups is 4. The van der Waals surface area contributed by atoms with E-state index in [1.54, 1.807) is 37.3 Å². The number of phenolic OH excluding ortho intramolecular Hbond substituents is 1. The standard InChI is InChI=1S/C30H40N2O6/c1-7-8-11-22(34)17-32(24-12-9-10-13-25(24)35)28-29(37)27(30(28)38)23(18-33)26(36)14-21(6)31(15-19(2)3)16-20(4)5/h7-14,18-20,28,33-37H,6,15-17H2,1-5H3/b8-7-,22-11+,23-18-,26-14+. The minimum absolute atomic E-state index is 0.104. The largest absolute Gasteiger partial charge is 0.515 e. The van der Waals surface area contributed by atoms with Crippen LogP contribution < -0.4 is 4.90 Å². The van der Waals surface area contributed by atoms with Gasteiger partial charge in [0.05, 0.1) is 29.6 Å². The number of benzene rings is 1. The van der Waals surface area contributed by atoms with Gasteiger partial charge in [0.1, 0.15) is 23.0 Å². The van der Waals surface area contributed by atoms with Crippen LogP contribution in [0.1, 0.15) is 34.6 Å². The van der Waals surface area contributed by atoms with Crippen molar-refractivity contribution in [2.24, 2.45) is 11.8 Å². The van der Waals surface area contributed by atoms with Gasteiger partial charge >= 0.3 is 0 Å². The van der Waals surface area contributed by atoms with Gasteiger partial charge in [-0.25, -0.2) is 0 Å². The van der Waals surface area contributed by atoms with Crippen LogP contribution in [0.25, 0.3) is 0 Å². The summed E-state index contributed by atoms with van der Waals surface area (Å²) in [5.41, 5.74) is 0.223. The zero-order chi connectivity index (χ0) is 28.6. The van der Waals surface area contributed by atoms with Crippen molar-refractivity contribution in [3.63, 3.8) is 0 Å². The first-order valence-electron chi connectivity index (χ1n) is 12.6. The highest BCUT2D eigenvalue weighted by molar-refractivity contribution is 6.14. The predicted octanol–water partition coefficient (Wildman–Crippen LogP) is 5.99. The van der Waals surface area contributed by atoms with Crippen LogP contribution in [0.5, 0.6) is 5.75 Å². The van der Waals surface area contributed by atoms with Crippen molar-refractivity contribution in [2.45, 2.75) is 40.7 Å². The number of aromatic hydroxyl groups is 1. The zero-order valence-electron chi connectivity index (χ0n) is 22.8. The van der Waals surface area contributed by atoms with E-state index in [9.17, 15) is 30.3 Å². The Labute approximate surface area is 225 Å². The summed E-state index contributed by atoms with van der Waals surface area (Å²) in [5.74, 6) is -1.00. The fourth-order valence-electron chi connectivity index (χ4n) is 4.24. The lowest BCUT2D eigenvalue weighted by Gasteiger charge is -2.39. The van der Waals surface area contributed by atoms with Gasteiger partial charge in [0.25, 0.3) is 0 Å². The molecule has 0 aromatic heterocycles. The molecule has 0 aliphatic heterocycles. The van der Waals surface area contributed by atoms with Crippen molar-refractivity contribution in [3.8, 4) is 5.75 Å². The number of nitrogens with zero attached hydrogens (tertiary/aromatic N) is 2. The summed E-state index contributed by atoms with van der Waals surface area (Å²) >= 11 is 0. The number of rotatable bonds is 13. The van der Waals surface area contributed by atoms with E-state index in [0.29, 0.717) is 36.9 Å². The van der Waals surface area contributed by atoms with Crippen molar-refractivity contribution in [3.05, 3.63) is 95.5 Å². The van der Waals surface area contributed by atoms with E-state index in [1.165, 1.54) is 23.1 Å². The second kappa shape index (κ2) is 13.5. The lowest BCUT2D eigenvalue weighted by atomic mass is 9.81. The van der Waals surface area contributed by atoms with Crippen molar-refractivity contribution < 1.29 is 30.3 Å². The Balaban J connectivity index is 2.45. The van der Waals surface area contributed by atoms with Gasteiger partial charge in [-0.05, 0) is 37.0 Å². The lowest BCUT2D eigenvalue weighted by molar-refractivity contribution is -0.119. The third-order valence-corrected chi connectivity index (χ3v) is 5.88. The van der Waals surface area contributed by atoms with Crippen molar-refractivity contribution in [1.82, 2.24) is 4.90 Å². The zero-order valence-corrected chi connectivity index (χ0v) is 22.8. The van der Waals surface area contributed by atoms with Gasteiger partial charge in [-0.1, -0.05) is 58.6 Å². The summed E-state index contributed by atoms with van der Waals surface area (Å²) in [7, 11) is 0. The van der Waals surface area contributed by atoms with Crippen molar-refractivity contribution in [1.29, 1.82) is 0 Å². The normalized spacial score (nSPS) is 17.0. The number of allylic oxidation sites excluding steroid dienone is 5. The second-order valence-corrected chi connectivity index (χ2v) is 10.1. The number of carbonyl (C=O) groups excluding carboxylic acids is 1. The monoisotopic (exact) mass is 524 g/mol. The molecule has 0 amide bonds. The lowest BCUT2D eigenvalue weighted by Crippen LogP contribution is -2.51. The van der Waals surface area contributed by atoms with Gasteiger partial charge in [-0.15, -0.1) is 0 Å². The Morgan fingerprint density at radius 3 is 2.18 bits per heavy atom. The minimum Gasteiger partial charge on any atom is -0.515 e. The first-order chi connectivity index (χ1) is 17.9. The van der Waals surface area contributed by atoms with Crippen molar-refractivity contribution >= 4 is 11.5 Å². The van der Waals surface area contributed by atoms with E-state index in [0.717, 1.165) is 0 Å². The van der Waals surface area contributed by atoms with Crippen LogP contribution in [0.3, 0.4) is 0 Å². The Morgan fingerprint density at radius 1 is 1.08 bits per heavy atom. The number of carbonyl (C=O) groups is 1. The summed E-state index contributed by atoms with van der Waals surface area (Å²) in [5, 5.41) is 52.5. The molecule has 0 spiro atoms. The molecule has 0 saturated heterocycles. The predicted molar refractivity (Wildman–Crippen MR) is 151 cm³/mol. The van der Waals surface area contributed by atoms with E-state index < -0.39 is 23.3 Å². The molecule has 8 heteroatoms. The molecule has 1 atom stereocenters. The Bertz CT molecular complexity index is 1160. The molecule has 1 aromatic carbocycles. The van der Waals surface area contributed by atoms with Gasteiger partial charge in [-0.2, -0.15) is 0 Å². The number of para-hydroxylation sites is 2. The average molecular weight is 525 g/mol. The van der Waals surface area contributed by atoms with Gasteiger partial charge in [0.15, 0.2) is 11.8 Å². The maximum absolute atomic E-state index is 13.3. The fraction of sp³-hybridized carbons (Fsp3) is 0.367. The van der Waals surface area contributed by atoms with Gasteiger partial charge < -0.3 is 35.3 Å². The van der Waals surface area contributed by atoms with Crippen LogP contribution in [0.2, 0.25) is 0 Å². The molecule has 1 aliphatic carbocycles.